The van der Waals surface area contributed by atoms with Crippen LogP contribution in [0.2, 0.25) is 6.04 Å². The topological polar surface area (TPSA) is 26.3 Å². The third-order valence-electron chi connectivity index (χ3n) is 0.925. The molecule has 0 aliphatic carbocycles. The molecule has 0 spiro atoms. The van der Waals surface area contributed by atoms with Crippen LogP contribution in [0.4, 0.5) is 0 Å². The number of rotatable bonds is 5. The van der Waals surface area contributed by atoms with Gasteiger partial charge in [-0.2, -0.15) is 0 Å². The largest absolute Gasteiger partial charge is 0.466 e. The predicted molar refractivity (Wildman–Crippen MR) is 47.3 cm³/mol. The molecule has 0 atom stereocenters. The summed E-state index contributed by atoms with van der Waals surface area (Å²) in [6, 6.07) is 0.922. The monoisotopic (exact) mass is 212 g/mol. The summed E-state index contributed by atoms with van der Waals surface area (Å²) in [4.78, 5) is 10.3. The Morgan fingerprint density at radius 3 is 2.73 bits per heavy atom. The highest BCUT2D eigenvalue weighted by molar-refractivity contribution is 6.68. The SMILES string of the molecule is CC(=O)OCCC[Si]C(Cl)Cl. The Hall–Kier alpha value is 0.267. The smallest absolute Gasteiger partial charge is 0.302 e. The van der Waals surface area contributed by atoms with Gasteiger partial charge in [0.1, 0.15) is 0 Å². The molecule has 64 valence electrons. The maximum atomic E-state index is 10.3. The summed E-state index contributed by atoms with van der Waals surface area (Å²) in [6.45, 7) is 1.87. The van der Waals surface area contributed by atoms with Crippen LogP contribution in [0.5, 0.6) is 0 Å². The first-order chi connectivity index (χ1) is 5.13. The number of hydrogen-bond donors (Lipinski definition) is 0. The first-order valence-corrected chi connectivity index (χ1v) is 5.43. The number of esters is 1. The summed E-state index contributed by atoms with van der Waals surface area (Å²) < 4.78 is 4.43. The van der Waals surface area contributed by atoms with E-state index in [-0.39, 0.29) is 10.4 Å². The maximum Gasteiger partial charge on any atom is 0.302 e. The third-order valence-corrected chi connectivity index (χ3v) is 2.80. The van der Waals surface area contributed by atoms with Crippen LogP contribution in [0.15, 0.2) is 0 Å². The van der Waals surface area contributed by atoms with E-state index in [1.165, 1.54) is 6.92 Å². The molecule has 5 heteroatoms. The van der Waals surface area contributed by atoms with E-state index in [9.17, 15) is 4.79 Å². The molecule has 0 aliphatic heterocycles. The van der Waals surface area contributed by atoms with E-state index in [0.29, 0.717) is 16.1 Å². The van der Waals surface area contributed by atoms with Crippen molar-refractivity contribution in [2.75, 3.05) is 6.61 Å². The Morgan fingerprint density at radius 2 is 2.27 bits per heavy atom. The van der Waals surface area contributed by atoms with E-state index in [4.69, 9.17) is 27.9 Å². The third kappa shape index (κ3) is 10.3. The summed E-state index contributed by atoms with van der Waals surface area (Å²) in [5, 5.41) is 0. The minimum atomic E-state index is -0.271. The van der Waals surface area contributed by atoms with Gasteiger partial charge in [-0.3, -0.25) is 4.79 Å². The molecule has 0 bridgehead atoms. The van der Waals surface area contributed by atoms with Crippen molar-refractivity contribution >= 4 is 38.7 Å². The van der Waals surface area contributed by atoms with Gasteiger partial charge in [0, 0.05) is 6.92 Å². The Morgan fingerprint density at radius 1 is 1.64 bits per heavy atom. The van der Waals surface area contributed by atoms with Crippen molar-refractivity contribution in [1.29, 1.82) is 0 Å². The molecule has 0 saturated carbocycles. The fraction of sp³-hybridized carbons (Fsp3) is 0.833. The van der Waals surface area contributed by atoms with Crippen molar-refractivity contribution in [3.05, 3.63) is 0 Å². The number of carbonyl (C=O) groups is 1. The summed E-state index contributed by atoms with van der Waals surface area (Å²) in [5.41, 5.74) is 0. The molecule has 0 N–H and O–H groups in total. The predicted octanol–water partition coefficient (Wildman–Crippen LogP) is 1.82. The number of halogens is 2. The Kier molecular flexibility index (Phi) is 7.11. The molecule has 0 amide bonds. The van der Waals surface area contributed by atoms with Gasteiger partial charge in [-0.1, -0.05) is 6.04 Å². The second-order valence-corrected chi connectivity index (χ2v) is 5.26. The van der Waals surface area contributed by atoms with Crippen molar-refractivity contribution < 1.29 is 9.53 Å². The van der Waals surface area contributed by atoms with Crippen LogP contribution < -0.4 is 0 Å². The van der Waals surface area contributed by atoms with Crippen molar-refractivity contribution in [2.24, 2.45) is 0 Å². The number of carbonyl (C=O) groups excluding carboxylic acids is 1. The Labute approximate surface area is 79.0 Å². The van der Waals surface area contributed by atoms with Gasteiger partial charge in [-0.25, -0.2) is 0 Å². The van der Waals surface area contributed by atoms with Crippen molar-refractivity contribution in [3.63, 3.8) is 0 Å². The van der Waals surface area contributed by atoms with Gasteiger partial charge in [-0.05, 0) is 6.42 Å². The first kappa shape index (κ1) is 11.3. The lowest BCUT2D eigenvalue weighted by atomic mass is 10.5. The zero-order valence-electron chi connectivity index (χ0n) is 6.27. The van der Waals surface area contributed by atoms with Gasteiger partial charge in [0.15, 0.2) is 0 Å². The van der Waals surface area contributed by atoms with Gasteiger partial charge >= 0.3 is 5.97 Å². The lowest BCUT2D eigenvalue weighted by Crippen LogP contribution is -2.05. The molecule has 0 heterocycles. The van der Waals surface area contributed by atoms with Gasteiger partial charge < -0.3 is 4.74 Å². The number of hydrogen-bond acceptors (Lipinski definition) is 2. The first-order valence-electron chi connectivity index (χ1n) is 3.28. The molecule has 0 fully saturated rings. The maximum absolute atomic E-state index is 10.3. The molecule has 11 heavy (non-hydrogen) atoms. The summed E-state index contributed by atoms with van der Waals surface area (Å²) in [5.74, 6) is -0.235. The molecule has 2 radical (unpaired) electrons. The summed E-state index contributed by atoms with van der Waals surface area (Å²) in [7, 11) is 0.532. The van der Waals surface area contributed by atoms with Gasteiger partial charge in [0.2, 0.25) is 0 Å². The van der Waals surface area contributed by atoms with Crippen LogP contribution >= 0.6 is 23.2 Å². The van der Waals surface area contributed by atoms with Crippen molar-refractivity contribution in [1.82, 2.24) is 0 Å². The molecule has 0 unspecified atom stereocenters. The average Bonchev–Trinajstić information content (AvgIpc) is 1.85. The highest BCUT2D eigenvalue weighted by Crippen LogP contribution is 2.03. The fourth-order valence-electron chi connectivity index (χ4n) is 0.499. The van der Waals surface area contributed by atoms with Crippen LogP contribution in [0.3, 0.4) is 0 Å². The zero-order chi connectivity index (χ0) is 8.69. The fourth-order valence-corrected chi connectivity index (χ4v) is 1.72. The standard InChI is InChI=1S/C6H10Cl2O2Si/c1-5(9)10-3-2-4-11-6(7)8/h6H,2-4H2,1H3. The molecule has 2 nitrogen and oxygen atoms in total. The van der Waals surface area contributed by atoms with Crippen LogP contribution in [0, 0.1) is 0 Å². The van der Waals surface area contributed by atoms with E-state index in [2.05, 4.69) is 0 Å². The summed E-state index contributed by atoms with van der Waals surface area (Å²) >= 11 is 11.0. The molecular formula is C6H10Cl2O2Si. The lowest BCUT2D eigenvalue weighted by molar-refractivity contribution is -0.140. The van der Waals surface area contributed by atoms with E-state index in [1.807, 2.05) is 0 Å². The Balaban J connectivity index is 2.97. The van der Waals surface area contributed by atoms with Crippen molar-refractivity contribution in [2.45, 2.75) is 23.8 Å². The molecule has 0 aromatic heterocycles. The minimum absolute atomic E-state index is 0.235. The minimum Gasteiger partial charge on any atom is -0.466 e. The van der Waals surface area contributed by atoms with Crippen molar-refractivity contribution in [3.8, 4) is 0 Å². The molecule has 0 aromatic carbocycles. The Bertz CT molecular complexity index is 119. The van der Waals surface area contributed by atoms with Crippen LogP contribution in [0.1, 0.15) is 13.3 Å². The van der Waals surface area contributed by atoms with Crippen LogP contribution in [-0.4, -0.2) is 26.6 Å². The molecule has 0 aromatic rings. The number of ether oxygens (including phenoxy) is 1. The van der Waals surface area contributed by atoms with Crippen LogP contribution in [0.25, 0.3) is 0 Å². The molecular weight excluding hydrogens is 203 g/mol. The molecule has 0 aliphatic rings. The van der Waals surface area contributed by atoms with Gasteiger partial charge in [-0.15, -0.1) is 23.2 Å². The lowest BCUT2D eigenvalue weighted by Gasteiger charge is -2.00. The highest BCUT2D eigenvalue weighted by Gasteiger charge is 1.99. The van der Waals surface area contributed by atoms with E-state index >= 15 is 0 Å². The normalized spacial score (nSPS) is 10.2. The second kappa shape index (κ2) is 6.95. The quantitative estimate of drug-likeness (QED) is 0.301. The van der Waals surface area contributed by atoms with Gasteiger partial charge in [0.25, 0.3) is 0 Å². The van der Waals surface area contributed by atoms with E-state index < -0.39 is 0 Å². The highest BCUT2D eigenvalue weighted by atomic mass is 35.5. The van der Waals surface area contributed by atoms with E-state index in [0.717, 1.165) is 12.5 Å². The summed E-state index contributed by atoms with van der Waals surface area (Å²) in [6.07, 6.45) is 0.841. The average molecular weight is 213 g/mol. The second-order valence-electron chi connectivity index (χ2n) is 1.95. The molecule has 0 rings (SSSR count). The van der Waals surface area contributed by atoms with Gasteiger partial charge in [0.05, 0.1) is 20.6 Å². The van der Waals surface area contributed by atoms with E-state index in [1.54, 1.807) is 0 Å². The zero-order valence-corrected chi connectivity index (χ0v) is 8.78. The number of alkyl halides is 2. The van der Waals surface area contributed by atoms with Crippen LogP contribution in [-0.2, 0) is 9.53 Å². The molecule has 0 saturated heterocycles.